The lowest BCUT2D eigenvalue weighted by Crippen LogP contribution is -2.33. The van der Waals surface area contributed by atoms with Crippen molar-refractivity contribution in [1.82, 2.24) is 9.88 Å². The van der Waals surface area contributed by atoms with Crippen molar-refractivity contribution in [2.75, 3.05) is 20.2 Å². The van der Waals surface area contributed by atoms with E-state index >= 15 is 0 Å². The van der Waals surface area contributed by atoms with Crippen molar-refractivity contribution in [3.05, 3.63) is 22.5 Å². The van der Waals surface area contributed by atoms with Crippen molar-refractivity contribution in [2.24, 2.45) is 5.92 Å². The summed E-state index contributed by atoms with van der Waals surface area (Å²) in [5.41, 5.74) is 1.68. The minimum absolute atomic E-state index is 0.0226. The minimum atomic E-state index is -0.525. The molecule has 2 heterocycles. The van der Waals surface area contributed by atoms with Crippen LogP contribution in [-0.4, -0.2) is 47.7 Å². The first kappa shape index (κ1) is 18.2. The van der Waals surface area contributed by atoms with Crippen molar-refractivity contribution in [3.63, 3.8) is 0 Å². The zero-order chi connectivity index (χ0) is 17.9. The summed E-state index contributed by atoms with van der Waals surface area (Å²) in [5.74, 6) is -0.0837. The maximum Gasteiger partial charge on any atom is 0.339 e. The molecule has 132 valence electrons. The molecular weight excluding hydrogens is 308 g/mol. The number of hydrogen-bond acceptors (Lipinski definition) is 4. The van der Waals surface area contributed by atoms with Crippen LogP contribution in [0, 0.1) is 12.8 Å². The number of likely N-dealkylation sites (tertiary alicyclic amines) is 1. The Bertz CT molecular complexity index is 648. The van der Waals surface area contributed by atoms with Gasteiger partial charge in [0.2, 0.25) is 5.91 Å². The molecule has 0 radical (unpaired) electrons. The molecule has 1 fully saturated rings. The quantitative estimate of drug-likeness (QED) is 0.678. The molecule has 0 aliphatic carbocycles. The SMILES string of the molecule is COC(=O)c1c(CC(=O)N2CCC[C@H](C)CC2)[nH]c(C(C)=O)c1C. The van der Waals surface area contributed by atoms with E-state index in [1.807, 2.05) is 4.90 Å². The van der Waals surface area contributed by atoms with Crippen molar-refractivity contribution in [1.29, 1.82) is 0 Å². The Labute approximate surface area is 142 Å². The molecule has 1 aromatic rings. The summed E-state index contributed by atoms with van der Waals surface area (Å²) in [4.78, 5) is 41.3. The lowest BCUT2D eigenvalue weighted by Gasteiger charge is -2.20. The van der Waals surface area contributed by atoms with Gasteiger partial charge < -0.3 is 14.6 Å². The van der Waals surface area contributed by atoms with Gasteiger partial charge in [0.15, 0.2) is 5.78 Å². The van der Waals surface area contributed by atoms with Gasteiger partial charge in [0, 0.05) is 25.7 Å². The van der Waals surface area contributed by atoms with Crippen LogP contribution in [0.1, 0.15) is 65.2 Å². The molecule has 0 saturated carbocycles. The molecule has 0 spiro atoms. The average Bonchev–Trinajstić information content (AvgIpc) is 2.70. The summed E-state index contributed by atoms with van der Waals surface area (Å²) in [5, 5.41) is 0. The summed E-state index contributed by atoms with van der Waals surface area (Å²) in [7, 11) is 1.30. The third kappa shape index (κ3) is 3.86. The van der Waals surface area contributed by atoms with Crippen LogP contribution in [0.3, 0.4) is 0 Å². The Balaban J connectivity index is 2.24. The van der Waals surface area contributed by atoms with Gasteiger partial charge in [-0.3, -0.25) is 9.59 Å². The molecule has 0 unspecified atom stereocenters. The number of hydrogen-bond donors (Lipinski definition) is 1. The first-order chi connectivity index (χ1) is 11.3. The standard InChI is InChI=1S/C18H26N2O4/c1-11-6-5-8-20(9-7-11)15(22)10-14-16(18(23)24-4)12(2)17(19-14)13(3)21/h11,19H,5-10H2,1-4H3/t11-/m0/s1. The number of ketones is 1. The predicted molar refractivity (Wildman–Crippen MR) is 90.2 cm³/mol. The number of rotatable bonds is 4. The number of aromatic nitrogens is 1. The number of amides is 1. The molecule has 1 atom stereocenters. The highest BCUT2D eigenvalue weighted by Crippen LogP contribution is 2.22. The summed E-state index contributed by atoms with van der Waals surface area (Å²) >= 11 is 0. The number of nitrogens with one attached hydrogen (secondary N) is 1. The second-order valence-electron chi connectivity index (χ2n) is 6.62. The molecule has 1 aromatic heterocycles. The first-order valence-corrected chi connectivity index (χ1v) is 8.43. The van der Waals surface area contributed by atoms with E-state index in [-0.39, 0.29) is 18.1 Å². The lowest BCUT2D eigenvalue weighted by molar-refractivity contribution is -0.130. The van der Waals surface area contributed by atoms with Crippen LogP contribution in [0.4, 0.5) is 0 Å². The van der Waals surface area contributed by atoms with Gasteiger partial charge in [-0.1, -0.05) is 6.92 Å². The Kier molecular flexibility index (Phi) is 5.80. The van der Waals surface area contributed by atoms with Crippen LogP contribution in [0.15, 0.2) is 0 Å². The molecule has 6 nitrogen and oxygen atoms in total. The number of methoxy groups -OCH3 is 1. The molecule has 1 N–H and O–H groups in total. The van der Waals surface area contributed by atoms with Gasteiger partial charge in [-0.25, -0.2) is 4.79 Å². The second-order valence-corrected chi connectivity index (χ2v) is 6.62. The van der Waals surface area contributed by atoms with Gasteiger partial charge in [-0.2, -0.15) is 0 Å². The van der Waals surface area contributed by atoms with E-state index in [4.69, 9.17) is 4.74 Å². The van der Waals surface area contributed by atoms with E-state index in [2.05, 4.69) is 11.9 Å². The number of nitrogens with zero attached hydrogens (tertiary/aromatic N) is 1. The number of carbonyl (C=O) groups excluding carboxylic acids is 3. The van der Waals surface area contributed by atoms with Gasteiger partial charge in [-0.05, 0) is 37.7 Å². The fourth-order valence-electron chi connectivity index (χ4n) is 3.30. The van der Waals surface area contributed by atoms with E-state index in [0.29, 0.717) is 28.4 Å². The maximum absolute atomic E-state index is 12.6. The monoisotopic (exact) mass is 334 g/mol. The molecule has 0 aromatic carbocycles. The molecule has 2 rings (SSSR count). The summed E-state index contributed by atoms with van der Waals surface area (Å²) in [6.07, 6.45) is 3.21. The summed E-state index contributed by atoms with van der Waals surface area (Å²) in [6, 6.07) is 0. The Morgan fingerprint density at radius 1 is 1.25 bits per heavy atom. The summed E-state index contributed by atoms with van der Waals surface area (Å²) in [6.45, 7) is 6.82. The van der Waals surface area contributed by atoms with Crippen molar-refractivity contribution in [2.45, 2.75) is 46.5 Å². The third-order valence-corrected chi connectivity index (χ3v) is 4.77. The van der Waals surface area contributed by atoms with Crippen LogP contribution in [-0.2, 0) is 16.0 Å². The molecular formula is C18H26N2O4. The molecule has 1 saturated heterocycles. The Morgan fingerprint density at radius 3 is 2.58 bits per heavy atom. The highest BCUT2D eigenvalue weighted by atomic mass is 16.5. The van der Waals surface area contributed by atoms with Crippen LogP contribution in [0.5, 0.6) is 0 Å². The average molecular weight is 334 g/mol. The van der Waals surface area contributed by atoms with E-state index in [0.717, 1.165) is 32.4 Å². The number of ether oxygens (including phenoxy) is 1. The fourth-order valence-corrected chi connectivity index (χ4v) is 3.30. The maximum atomic E-state index is 12.6. The van der Waals surface area contributed by atoms with E-state index < -0.39 is 5.97 Å². The summed E-state index contributed by atoms with van der Waals surface area (Å²) < 4.78 is 4.82. The Morgan fingerprint density at radius 2 is 1.96 bits per heavy atom. The van der Waals surface area contributed by atoms with E-state index in [1.54, 1.807) is 6.92 Å². The van der Waals surface area contributed by atoms with Crippen molar-refractivity contribution < 1.29 is 19.1 Å². The highest BCUT2D eigenvalue weighted by Gasteiger charge is 2.26. The lowest BCUT2D eigenvalue weighted by atomic mass is 10.0. The zero-order valence-electron chi connectivity index (χ0n) is 14.9. The van der Waals surface area contributed by atoms with Crippen LogP contribution < -0.4 is 0 Å². The van der Waals surface area contributed by atoms with Crippen molar-refractivity contribution in [3.8, 4) is 0 Å². The van der Waals surface area contributed by atoms with Gasteiger partial charge >= 0.3 is 5.97 Å². The number of H-pyrrole nitrogens is 1. The molecule has 0 bridgehead atoms. The number of Topliss-reactive ketones (excluding diaryl/α,β-unsaturated/α-hetero) is 1. The normalized spacial score (nSPS) is 18.2. The fraction of sp³-hybridized carbons (Fsp3) is 0.611. The number of esters is 1. The molecule has 6 heteroatoms. The first-order valence-electron chi connectivity index (χ1n) is 8.43. The predicted octanol–water partition coefficient (Wildman–Crippen LogP) is 2.50. The highest BCUT2D eigenvalue weighted by molar-refractivity contribution is 6.01. The van der Waals surface area contributed by atoms with Gasteiger partial charge in [0.1, 0.15) is 0 Å². The van der Waals surface area contributed by atoms with Gasteiger partial charge in [0.25, 0.3) is 0 Å². The second kappa shape index (κ2) is 7.64. The van der Waals surface area contributed by atoms with E-state index in [9.17, 15) is 14.4 Å². The molecule has 24 heavy (non-hydrogen) atoms. The van der Waals surface area contributed by atoms with Crippen LogP contribution in [0.25, 0.3) is 0 Å². The van der Waals surface area contributed by atoms with E-state index in [1.165, 1.54) is 14.0 Å². The number of aromatic amines is 1. The third-order valence-electron chi connectivity index (χ3n) is 4.77. The molecule has 1 amide bonds. The van der Waals surface area contributed by atoms with Gasteiger partial charge in [-0.15, -0.1) is 0 Å². The minimum Gasteiger partial charge on any atom is -0.465 e. The van der Waals surface area contributed by atoms with Crippen molar-refractivity contribution >= 4 is 17.7 Å². The smallest absolute Gasteiger partial charge is 0.339 e. The van der Waals surface area contributed by atoms with Crippen LogP contribution in [0.2, 0.25) is 0 Å². The van der Waals surface area contributed by atoms with Gasteiger partial charge in [0.05, 0.1) is 24.8 Å². The van der Waals surface area contributed by atoms with Crippen LogP contribution >= 0.6 is 0 Å². The molecule has 1 aliphatic rings. The zero-order valence-corrected chi connectivity index (χ0v) is 14.9. The number of carbonyl (C=O) groups is 3. The molecule has 1 aliphatic heterocycles. The largest absolute Gasteiger partial charge is 0.465 e. The Hall–Kier alpha value is -2.11. The topological polar surface area (TPSA) is 79.5 Å².